The lowest BCUT2D eigenvalue weighted by molar-refractivity contribution is 0.0913. The first kappa shape index (κ1) is 19.5. The van der Waals surface area contributed by atoms with Crippen molar-refractivity contribution in [3.8, 4) is 0 Å². The van der Waals surface area contributed by atoms with Crippen LogP contribution in [0.3, 0.4) is 0 Å². The Labute approximate surface area is 158 Å². The summed E-state index contributed by atoms with van der Waals surface area (Å²) in [7, 11) is -3.75. The first-order valence-electron chi connectivity index (χ1n) is 8.63. The largest absolute Gasteiger partial charge is 0.365 e. The molecule has 3 rings (SSSR count). The zero-order valence-electron chi connectivity index (χ0n) is 14.9. The van der Waals surface area contributed by atoms with E-state index in [9.17, 15) is 17.6 Å². The van der Waals surface area contributed by atoms with E-state index in [0.29, 0.717) is 24.4 Å². The van der Waals surface area contributed by atoms with Crippen LogP contribution in [0.4, 0.5) is 10.1 Å². The van der Waals surface area contributed by atoms with Crippen LogP contribution in [0.1, 0.15) is 28.8 Å². The highest BCUT2D eigenvalue weighted by molar-refractivity contribution is 7.89. The van der Waals surface area contributed by atoms with E-state index in [1.165, 1.54) is 46.8 Å². The molecular weight excluding hydrogens is 371 g/mol. The summed E-state index contributed by atoms with van der Waals surface area (Å²) in [5.41, 5.74) is 1.05. The average molecular weight is 392 g/mol. The van der Waals surface area contributed by atoms with Gasteiger partial charge < -0.3 is 10.1 Å². The van der Waals surface area contributed by atoms with Crippen molar-refractivity contribution in [3.05, 3.63) is 59.4 Å². The predicted octanol–water partition coefficient (Wildman–Crippen LogP) is 3.15. The molecule has 0 atom stereocenters. The summed E-state index contributed by atoms with van der Waals surface area (Å²) in [5.74, 6) is -0.828. The number of ether oxygens (including phenoxy) is 1. The third kappa shape index (κ3) is 4.52. The van der Waals surface area contributed by atoms with Gasteiger partial charge in [-0.05, 0) is 61.7 Å². The third-order valence-corrected chi connectivity index (χ3v) is 6.15. The Morgan fingerprint density at radius 3 is 2.78 bits per heavy atom. The van der Waals surface area contributed by atoms with Gasteiger partial charge >= 0.3 is 0 Å². The van der Waals surface area contributed by atoms with Crippen LogP contribution in [0.2, 0.25) is 0 Å². The van der Waals surface area contributed by atoms with E-state index in [4.69, 9.17) is 4.74 Å². The summed E-state index contributed by atoms with van der Waals surface area (Å²) in [4.78, 5) is 12.5. The van der Waals surface area contributed by atoms with E-state index in [1.807, 2.05) is 0 Å². The lowest BCUT2D eigenvalue weighted by Crippen LogP contribution is -2.32. The molecule has 0 radical (unpaired) electrons. The van der Waals surface area contributed by atoms with Crippen molar-refractivity contribution < 1.29 is 22.3 Å². The maximum atomic E-state index is 13.4. The van der Waals surface area contributed by atoms with E-state index in [1.54, 1.807) is 6.92 Å². The Kier molecular flexibility index (Phi) is 5.88. The molecule has 1 heterocycles. The van der Waals surface area contributed by atoms with Gasteiger partial charge in [0.25, 0.3) is 5.91 Å². The Hall–Kier alpha value is -2.29. The van der Waals surface area contributed by atoms with Crippen LogP contribution >= 0.6 is 0 Å². The van der Waals surface area contributed by atoms with Gasteiger partial charge in [-0.15, -0.1) is 0 Å². The second-order valence-corrected chi connectivity index (χ2v) is 8.31. The fourth-order valence-electron chi connectivity index (χ4n) is 2.79. The number of sulfonamides is 1. The Morgan fingerprint density at radius 1 is 1.19 bits per heavy atom. The van der Waals surface area contributed by atoms with E-state index in [0.717, 1.165) is 12.8 Å². The SMILES string of the molecule is Cc1cc(NC(=O)c2cccc(S(=O)(=O)N3CCCCOC3)c2)ccc1F. The van der Waals surface area contributed by atoms with Crippen molar-refractivity contribution >= 4 is 21.6 Å². The van der Waals surface area contributed by atoms with Gasteiger partial charge in [-0.3, -0.25) is 4.79 Å². The van der Waals surface area contributed by atoms with Gasteiger partial charge in [0, 0.05) is 24.4 Å². The number of halogens is 1. The quantitative estimate of drug-likeness (QED) is 0.867. The molecule has 1 aliphatic heterocycles. The van der Waals surface area contributed by atoms with Crippen molar-refractivity contribution in [2.24, 2.45) is 0 Å². The molecule has 144 valence electrons. The van der Waals surface area contributed by atoms with Gasteiger partial charge in [-0.25, -0.2) is 12.8 Å². The Balaban J connectivity index is 1.81. The Bertz CT molecular complexity index is 938. The molecule has 0 saturated carbocycles. The van der Waals surface area contributed by atoms with Crippen molar-refractivity contribution in [2.45, 2.75) is 24.7 Å². The maximum Gasteiger partial charge on any atom is 0.255 e. The highest BCUT2D eigenvalue weighted by Gasteiger charge is 2.26. The molecule has 8 heteroatoms. The molecule has 1 aliphatic rings. The van der Waals surface area contributed by atoms with Crippen LogP contribution in [0.5, 0.6) is 0 Å². The number of anilines is 1. The van der Waals surface area contributed by atoms with Gasteiger partial charge in [0.15, 0.2) is 0 Å². The van der Waals surface area contributed by atoms with Gasteiger partial charge in [-0.1, -0.05) is 6.07 Å². The Morgan fingerprint density at radius 2 is 2.00 bits per heavy atom. The van der Waals surface area contributed by atoms with E-state index in [2.05, 4.69) is 5.32 Å². The number of carbonyl (C=O) groups excluding carboxylic acids is 1. The summed E-state index contributed by atoms with van der Waals surface area (Å²) in [6.07, 6.45) is 1.54. The second-order valence-electron chi connectivity index (χ2n) is 6.37. The minimum atomic E-state index is -3.75. The van der Waals surface area contributed by atoms with Crippen molar-refractivity contribution in [2.75, 3.05) is 25.2 Å². The van der Waals surface area contributed by atoms with Gasteiger partial charge in [-0.2, -0.15) is 4.31 Å². The van der Waals surface area contributed by atoms with Gasteiger partial charge in [0.1, 0.15) is 12.5 Å². The standard InChI is InChI=1S/C19H21FN2O4S/c1-14-11-16(7-8-18(14)20)21-19(23)15-5-4-6-17(12-15)27(24,25)22-9-2-3-10-26-13-22/h4-8,11-12H,2-3,9-10,13H2,1H3,(H,21,23). The number of carbonyl (C=O) groups is 1. The molecule has 1 saturated heterocycles. The van der Waals surface area contributed by atoms with E-state index in [-0.39, 0.29) is 23.0 Å². The number of nitrogens with zero attached hydrogens (tertiary/aromatic N) is 1. The maximum absolute atomic E-state index is 13.4. The molecule has 27 heavy (non-hydrogen) atoms. The van der Waals surface area contributed by atoms with Crippen LogP contribution in [-0.4, -0.2) is 38.5 Å². The summed E-state index contributed by atoms with van der Waals surface area (Å²) in [6.45, 7) is 2.52. The molecule has 1 N–H and O–H groups in total. The molecule has 0 aromatic heterocycles. The summed E-state index contributed by atoms with van der Waals surface area (Å²) >= 11 is 0. The zero-order chi connectivity index (χ0) is 19.4. The number of benzene rings is 2. The number of aryl methyl sites for hydroxylation is 1. The number of hydrogen-bond donors (Lipinski definition) is 1. The molecule has 0 bridgehead atoms. The van der Waals surface area contributed by atoms with Crippen LogP contribution in [0.25, 0.3) is 0 Å². The third-order valence-electron chi connectivity index (χ3n) is 4.33. The molecule has 0 aliphatic carbocycles. The first-order chi connectivity index (χ1) is 12.9. The molecule has 0 unspecified atom stereocenters. The van der Waals surface area contributed by atoms with Crippen LogP contribution in [0.15, 0.2) is 47.4 Å². The molecule has 2 aromatic carbocycles. The number of hydrogen-bond acceptors (Lipinski definition) is 4. The van der Waals surface area contributed by atoms with Crippen LogP contribution in [-0.2, 0) is 14.8 Å². The minimum absolute atomic E-state index is 0.00755. The summed E-state index contributed by atoms with van der Waals surface area (Å²) in [6, 6.07) is 10.1. The summed E-state index contributed by atoms with van der Waals surface area (Å²) < 4.78 is 45.6. The topological polar surface area (TPSA) is 75.7 Å². The fourth-order valence-corrected chi connectivity index (χ4v) is 4.19. The highest BCUT2D eigenvalue weighted by atomic mass is 32.2. The molecule has 2 aromatic rings. The smallest absolute Gasteiger partial charge is 0.255 e. The molecule has 6 nitrogen and oxygen atoms in total. The average Bonchev–Trinajstić information content (AvgIpc) is 2.95. The second kappa shape index (κ2) is 8.16. The number of nitrogens with one attached hydrogen (secondary N) is 1. The van der Waals surface area contributed by atoms with Crippen LogP contribution < -0.4 is 5.32 Å². The van der Waals surface area contributed by atoms with Crippen LogP contribution in [0, 0.1) is 12.7 Å². The molecule has 0 spiro atoms. The first-order valence-corrected chi connectivity index (χ1v) is 10.1. The number of rotatable bonds is 4. The molecule has 1 fully saturated rings. The van der Waals surface area contributed by atoms with Crippen molar-refractivity contribution in [1.29, 1.82) is 0 Å². The lowest BCUT2D eigenvalue weighted by atomic mass is 10.2. The van der Waals surface area contributed by atoms with Gasteiger partial charge in [0.05, 0.1) is 4.90 Å². The highest BCUT2D eigenvalue weighted by Crippen LogP contribution is 2.20. The molecular formula is C19H21FN2O4S. The lowest BCUT2D eigenvalue weighted by Gasteiger charge is -2.19. The molecule has 1 amide bonds. The minimum Gasteiger partial charge on any atom is -0.365 e. The monoisotopic (exact) mass is 392 g/mol. The van der Waals surface area contributed by atoms with Crippen molar-refractivity contribution in [1.82, 2.24) is 4.31 Å². The summed E-state index contributed by atoms with van der Waals surface area (Å²) in [5, 5.41) is 2.66. The zero-order valence-corrected chi connectivity index (χ0v) is 15.8. The normalized spacial score (nSPS) is 15.9. The fraction of sp³-hybridized carbons (Fsp3) is 0.316. The van der Waals surface area contributed by atoms with Crippen molar-refractivity contribution in [3.63, 3.8) is 0 Å². The number of amides is 1. The van der Waals surface area contributed by atoms with Gasteiger partial charge in [0.2, 0.25) is 10.0 Å². The van der Waals surface area contributed by atoms with E-state index >= 15 is 0 Å². The van der Waals surface area contributed by atoms with E-state index < -0.39 is 15.9 Å². The predicted molar refractivity (Wildman–Crippen MR) is 99.5 cm³/mol.